The van der Waals surface area contributed by atoms with Gasteiger partial charge in [-0.25, -0.2) is 4.79 Å². The van der Waals surface area contributed by atoms with Crippen LogP contribution in [0.25, 0.3) is 0 Å². The van der Waals surface area contributed by atoms with Gasteiger partial charge in [-0.1, -0.05) is 0 Å². The molecule has 0 aliphatic rings. The molecule has 1 aromatic rings. The molecule has 0 aliphatic carbocycles. The first-order chi connectivity index (χ1) is 8.74. The average molecular weight is 252 g/mol. The third kappa shape index (κ3) is 5.75. The summed E-state index contributed by atoms with van der Waals surface area (Å²) in [5.74, 6) is -0.320. The van der Waals surface area contributed by atoms with Crippen LogP contribution in [0.1, 0.15) is 25.5 Å². The zero-order valence-corrected chi connectivity index (χ0v) is 10.9. The second-order valence-corrected chi connectivity index (χ2v) is 3.81. The number of nitrogens with zero attached hydrogens (tertiary/aromatic N) is 1. The van der Waals surface area contributed by atoms with Gasteiger partial charge in [-0.15, -0.1) is 0 Å². The van der Waals surface area contributed by atoms with E-state index in [1.807, 2.05) is 12.1 Å². The maximum absolute atomic E-state index is 11.0. The van der Waals surface area contributed by atoms with Crippen LogP contribution in [0.5, 0.6) is 0 Å². The molecule has 0 aromatic carbocycles. The van der Waals surface area contributed by atoms with E-state index in [1.54, 1.807) is 19.3 Å². The molecule has 0 fully saturated rings. The molecule has 1 heterocycles. The van der Waals surface area contributed by atoms with E-state index in [2.05, 4.69) is 17.2 Å². The van der Waals surface area contributed by atoms with Crippen LogP contribution >= 0.6 is 0 Å². The number of hydrogen-bond donors (Lipinski definition) is 1. The average Bonchev–Trinajstić information content (AvgIpc) is 2.39. The molecule has 5 nitrogen and oxygen atoms in total. The van der Waals surface area contributed by atoms with Crippen molar-refractivity contribution in [2.24, 2.45) is 0 Å². The van der Waals surface area contributed by atoms with E-state index in [-0.39, 0.29) is 18.6 Å². The molecule has 0 bridgehead atoms. The van der Waals surface area contributed by atoms with E-state index in [1.165, 1.54) is 5.56 Å². The second-order valence-electron chi connectivity index (χ2n) is 3.81. The first-order valence-corrected chi connectivity index (χ1v) is 6.10. The molecule has 1 unspecified atom stereocenters. The fourth-order valence-corrected chi connectivity index (χ4v) is 1.48. The Morgan fingerprint density at radius 2 is 2.17 bits per heavy atom. The van der Waals surface area contributed by atoms with E-state index in [0.717, 1.165) is 0 Å². The maximum Gasteiger partial charge on any atom is 0.332 e. The zero-order valence-electron chi connectivity index (χ0n) is 10.9. The Balaban J connectivity index is 2.09. The van der Waals surface area contributed by atoms with Gasteiger partial charge in [0.2, 0.25) is 0 Å². The quantitative estimate of drug-likeness (QED) is 0.558. The number of carbonyl (C=O) groups excluding carboxylic acids is 1. The van der Waals surface area contributed by atoms with Gasteiger partial charge in [-0.05, 0) is 31.5 Å². The van der Waals surface area contributed by atoms with Crippen molar-refractivity contribution in [3.05, 3.63) is 30.1 Å². The van der Waals surface area contributed by atoms with Crippen LogP contribution in [-0.4, -0.2) is 37.3 Å². The monoisotopic (exact) mass is 252 g/mol. The molecule has 0 radical (unpaired) electrons. The summed E-state index contributed by atoms with van der Waals surface area (Å²) < 4.78 is 9.93. The zero-order chi connectivity index (χ0) is 13.2. The van der Waals surface area contributed by atoms with Crippen molar-refractivity contribution in [3.8, 4) is 0 Å². The predicted octanol–water partition coefficient (Wildman–Crippen LogP) is 1.31. The van der Waals surface area contributed by atoms with Gasteiger partial charge in [0, 0.05) is 25.0 Å². The van der Waals surface area contributed by atoms with Gasteiger partial charge in [0.25, 0.3) is 0 Å². The fourth-order valence-electron chi connectivity index (χ4n) is 1.48. The molecule has 1 N–H and O–H groups in total. The van der Waals surface area contributed by atoms with Crippen LogP contribution in [0.3, 0.4) is 0 Å². The van der Waals surface area contributed by atoms with Crippen molar-refractivity contribution in [2.75, 3.05) is 26.4 Å². The van der Waals surface area contributed by atoms with E-state index in [4.69, 9.17) is 9.47 Å². The van der Waals surface area contributed by atoms with Gasteiger partial charge in [0.15, 0.2) is 0 Å². The Labute approximate surface area is 108 Å². The number of carbonyl (C=O) groups is 1. The van der Waals surface area contributed by atoms with Crippen LogP contribution in [0.15, 0.2) is 24.5 Å². The molecule has 0 saturated heterocycles. The lowest BCUT2D eigenvalue weighted by Crippen LogP contribution is -2.24. The van der Waals surface area contributed by atoms with Gasteiger partial charge in [0.1, 0.15) is 6.61 Å². The second kappa shape index (κ2) is 8.60. The minimum atomic E-state index is -0.320. The number of nitrogens with one attached hydrogen (secondary N) is 1. The van der Waals surface area contributed by atoms with Crippen molar-refractivity contribution < 1.29 is 14.3 Å². The summed E-state index contributed by atoms with van der Waals surface area (Å²) in [6, 6.07) is 4.17. The highest BCUT2D eigenvalue weighted by Gasteiger charge is 2.04. The molecule has 18 heavy (non-hydrogen) atoms. The highest BCUT2D eigenvalue weighted by molar-refractivity contribution is 5.70. The largest absolute Gasteiger partial charge is 0.464 e. The first kappa shape index (κ1) is 14.6. The van der Waals surface area contributed by atoms with Gasteiger partial charge in [-0.2, -0.15) is 0 Å². The van der Waals surface area contributed by atoms with Gasteiger partial charge in [0.05, 0.1) is 13.2 Å². The van der Waals surface area contributed by atoms with E-state index < -0.39 is 0 Å². The van der Waals surface area contributed by atoms with Crippen molar-refractivity contribution in [3.63, 3.8) is 0 Å². The molecule has 0 spiro atoms. The third-order valence-electron chi connectivity index (χ3n) is 2.43. The standard InChI is InChI=1S/C13H20N2O3/c1-3-18-13(16)10-17-9-8-15-11(2)12-4-6-14-7-5-12/h4-7,11,15H,3,8-10H2,1-2H3. The molecule has 5 heteroatoms. The van der Waals surface area contributed by atoms with Gasteiger partial charge in [-0.3, -0.25) is 4.98 Å². The van der Waals surface area contributed by atoms with Crippen molar-refractivity contribution in [1.29, 1.82) is 0 Å². The van der Waals surface area contributed by atoms with Gasteiger partial charge < -0.3 is 14.8 Å². The molecule has 100 valence electrons. The SMILES string of the molecule is CCOC(=O)COCCNC(C)c1ccncc1. The summed E-state index contributed by atoms with van der Waals surface area (Å²) in [6.45, 7) is 5.41. The molecule has 0 aliphatic heterocycles. The number of aromatic nitrogens is 1. The smallest absolute Gasteiger partial charge is 0.332 e. The van der Waals surface area contributed by atoms with Gasteiger partial charge >= 0.3 is 5.97 Å². The van der Waals surface area contributed by atoms with Crippen molar-refractivity contribution >= 4 is 5.97 Å². The summed E-state index contributed by atoms with van der Waals surface area (Å²) in [5, 5.41) is 3.30. The fraction of sp³-hybridized carbons (Fsp3) is 0.538. The summed E-state index contributed by atoms with van der Waals surface area (Å²) in [6.07, 6.45) is 3.54. The normalized spacial score (nSPS) is 12.1. The number of esters is 1. The molecule has 1 aromatic heterocycles. The molecule has 0 saturated carbocycles. The Morgan fingerprint density at radius 3 is 2.83 bits per heavy atom. The number of rotatable bonds is 8. The summed E-state index contributed by atoms with van der Waals surface area (Å²) in [7, 11) is 0. The van der Waals surface area contributed by atoms with Crippen LogP contribution < -0.4 is 5.32 Å². The molecule has 1 rings (SSSR count). The topological polar surface area (TPSA) is 60.5 Å². The third-order valence-corrected chi connectivity index (χ3v) is 2.43. The number of pyridine rings is 1. The number of hydrogen-bond acceptors (Lipinski definition) is 5. The number of ether oxygens (including phenoxy) is 2. The van der Waals surface area contributed by atoms with Crippen LogP contribution in [0.4, 0.5) is 0 Å². The van der Waals surface area contributed by atoms with Crippen molar-refractivity contribution in [1.82, 2.24) is 10.3 Å². The maximum atomic E-state index is 11.0. The molecular weight excluding hydrogens is 232 g/mol. The lowest BCUT2D eigenvalue weighted by Gasteiger charge is -2.13. The summed E-state index contributed by atoms with van der Waals surface area (Å²) in [5.41, 5.74) is 1.18. The lowest BCUT2D eigenvalue weighted by molar-refractivity contribution is -0.148. The lowest BCUT2D eigenvalue weighted by atomic mass is 10.1. The Bertz CT molecular complexity index is 343. The van der Waals surface area contributed by atoms with Crippen LogP contribution in [0, 0.1) is 0 Å². The molecular formula is C13H20N2O3. The van der Waals surface area contributed by atoms with Crippen molar-refractivity contribution in [2.45, 2.75) is 19.9 Å². The Kier molecular flexibility index (Phi) is 6.98. The molecule has 0 amide bonds. The minimum absolute atomic E-state index is 0.0131. The molecule has 1 atom stereocenters. The van der Waals surface area contributed by atoms with E-state index in [9.17, 15) is 4.79 Å². The van der Waals surface area contributed by atoms with Crippen LogP contribution in [-0.2, 0) is 14.3 Å². The first-order valence-electron chi connectivity index (χ1n) is 6.10. The van der Waals surface area contributed by atoms with E-state index >= 15 is 0 Å². The highest BCUT2D eigenvalue weighted by atomic mass is 16.6. The predicted molar refractivity (Wildman–Crippen MR) is 68.1 cm³/mol. The van der Waals surface area contributed by atoms with Crippen LogP contribution in [0.2, 0.25) is 0 Å². The highest BCUT2D eigenvalue weighted by Crippen LogP contribution is 2.09. The summed E-state index contributed by atoms with van der Waals surface area (Å²) >= 11 is 0. The minimum Gasteiger partial charge on any atom is -0.464 e. The van der Waals surface area contributed by atoms with E-state index in [0.29, 0.717) is 19.8 Å². The Morgan fingerprint density at radius 1 is 1.44 bits per heavy atom. The Hall–Kier alpha value is -1.46. The summed E-state index contributed by atoms with van der Waals surface area (Å²) in [4.78, 5) is 15.0.